The number of nitrogens with two attached hydrogens (primary N) is 1. The van der Waals surface area contributed by atoms with Gasteiger partial charge in [-0.25, -0.2) is 4.79 Å². The van der Waals surface area contributed by atoms with Gasteiger partial charge in [0, 0.05) is 17.8 Å². The Balaban J connectivity index is 1.94. The molecule has 148 valence electrons. The number of aliphatic carboxylic acids is 1. The fourth-order valence-electron chi connectivity index (χ4n) is 2.58. The molecule has 0 spiro atoms. The fraction of sp³-hybridized carbons (Fsp3) is 0.250. The van der Waals surface area contributed by atoms with E-state index >= 15 is 0 Å². The van der Waals surface area contributed by atoms with Gasteiger partial charge in [0.2, 0.25) is 0 Å². The minimum absolute atomic E-state index is 0.0112. The first kappa shape index (κ1) is 20.8. The molecule has 8 nitrogen and oxygen atoms in total. The summed E-state index contributed by atoms with van der Waals surface area (Å²) in [6.07, 6.45) is 0.281. The lowest BCUT2D eigenvalue weighted by Gasteiger charge is -2.14. The zero-order chi connectivity index (χ0) is 20.5. The lowest BCUT2D eigenvalue weighted by molar-refractivity contribution is -0.141. The molecule has 0 aliphatic carbocycles. The predicted molar refractivity (Wildman–Crippen MR) is 104 cm³/mol. The van der Waals surface area contributed by atoms with E-state index in [1.54, 1.807) is 12.1 Å². The summed E-state index contributed by atoms with van der Waals surface area (Å²) in [7, 11) is 0. The van der Waals surface area contributed by atoms with Crippen LogP contribution in [0, 0.1) is 5.92 Å². The van der Waals surface area contributed by atoms with Crippen molar-refractivity contribution in [2.45, 2.75) is 13.3 Å². The number of primary amides is 1. The second-order valence-corrected chi connectivity index (χ2v) is 6.09. The minimum Gasteiger partial charge on any atom is -0.494 e. The van der Waals surface area contributed by atoms with E-state index in [9.17, 15) is 19.5 Å². The maximum atomic E-state index is 12.2. The van der Waals surface area contributed by atoms with Gasteiger partial charge in [-0.2, -0.15) is 0 Å². The van der Waals surface area contributed by atoms with Gasteiger partial charge >= 0.3 is 12.0 Å². The molecule has 2 aromatic rings. The Morgan fingerprint density at radius 1 is 1.07 bits per heavy atom. The van der Waals surface area contributed by atoms with Gasteiger partial charge in [-0.05, 0) is 55.3 Å². The number of carbonyl (C=O) groups excluding carboxylic acids is 2. The van der Waals surface area contributed by atoms with E-state index in [-0.39, 0.29) is 13.0 Å². The lowest BCUT2D eigenvalue weighted by atomic mass is 9.99. The topological polar surface area (TPSA) is 131 Å². The van der Waals surface area contributed by atoms with Gasteiger partial charge in [-0.15, -0.1) is 0 Å². The van der Waals surface area contributed by atoms with Crippen LogP contribution in [-0.4, -0.2) is 36.2 Å². The Hall–Kier alpha value is -3.55. The maximum Gasteiger partial charge on any atom is 0.316 e. The molecule has 5 N–H and O–H groups in total. The van der Waals surface area contributed by atoms with Gasteiger partial charge in [0.05, 0.1) is 12.5 Å². The van der Waals surface area contributed by atoms with Crippen LogP contribution in [-0.2, 0) is 11.2 Å². The highest BCUT2D eigenvalue weighted by atomic mass is 16.5. The molecule has 8 heteroatoms. The second kappa shape index (κ2) is 9.96. The van der Waals surface area contributed by atoms with Crippen LogP contribution in [0.5, 0.6) is 5.75 Å². The van der Waals surface area contributed by atoms with E-state index in [0.29, 0.717) is 17.9 Å². The normalized spacial score (nSPS) is 11.3. The number of nitrogens with one attached hydrogen (secondary N) is 2. The van der Waals surface area contributed by atoms with Crippen LogP contribution in [0.1, 0.15) is 22.8 Å². The monoisotopic (exact) mass is 385 g/mol. The van der Waals surface area contributed by atoms with Gasteiger partial charge in [-0.3, -0.25) is 9.59 Å². The zero-order valence-electron chi connectivity index (χ0n) is 15.5. The quantitative estimate of drug-likeness (QED) is 0.526. The number of ether oxygens (including phenoxy) is 1. The van der Waals surface area contributed by atoms with Crippen molar-refractivity contribution < 1.29 is 24.2 Å². The molecule has 0 aliphatic rings. The molecule has 0 fully saturated rings. The molecule has 2 aromatic carbocycles. The van der Waals surface area contributed by atoms with Gasteiger partial charge in [-0.1, -0.05) is 12.1 Å². The lowest BCUT2D eigenvalue weighted by Crippen LogP contribution is -2.34. The van der Waals surface area contributed by atoms with Crippen molar-refractivity contribution in [3.05, 3.63) is 59.7 Å². The Morgan fingerprint density at radius 2 is 1.71 bits per heavy atom. The van der Waals surface area contributed by atoms with Crippen molar-refractivity contribution >= 4 is 23.6 Å². The van der Waals surface area contributed by atoms with Gasteiger partial charge in [0.25, 0.3) is 5.91 Å². The number of hydrogen-bond acceptors (Lipinski definition) is 4. The summed E-state index contributed by atoms with van der Waals surface area (Å²) in [6, 6.07) is 12.6. The molecular formula is C20H23N3O5. The number of carbonyl (C=O) groups is 3. The van der Waals surface area contributed by atoms with Crippen molar-refractivity contribution in [1.82, 2.24) is 5.32 Å². The molecule has 0 saturated carbocycles. The smallest absolute Gasteiger partial charge is 0.316 e. The minimum atomic E-state index is -0.991. The highest BCUT2D eigenvalue weighted by Crippen LogP contribution is 2.16. The Labute approximate surface area is 162 Å². The molecule has 0 aromatic heterocycles. The predicted octanol–water partition coefficient (Wildman–Crippen LogP) is 2.25. The first-order valence-electron chi connectivity index (χ1n) is 8.78. The van der Waals surface area contributed by atoms with Gasteiger partial charge in [0.15, 0.2) is 0 Å². The van der Waals surface area contributed by atoms with Gasteiger partial charge in [0.1, 0.15) is 5.75 Å². The average molecular weight is 385 g/mol. The first-order chi connectivity index (χ1) is 13.4. The summed E-state index contributed by atoms with van der Waals surface area (Å²) >= 11 is 0. The van der Waals surface area contributed by atoms with Gasteiger partial charge < -0.3 is 26.2 Å². The molecular weight excluding hydrogens is 362 g/mol. The first-order valence-corrected chi connectivity index (χ1v) is 8.78. The third-order valence-corrected chi connectivity index (χ3v) is 3.99. The number of carboxylic acid groups (broad SMARTS) is 1. The Morgan fingerprint density at radius 3 is 2.25 bits per heavy atom. The molecule has 3 amide bonds. The molecule has 1 unspecified atom stereocenters. The SMILES string of the molecule is CCOc1ccc(CC(CNC(=O)c2ccc(NC(N)=O)cc2)C(=O)O)cc1. The third kappa shape index (κ3) is 6.31. The molecule has 28 heavy (non-hydrogen) atoms. The number of amides is 3. The average Bonchev–Trinajstić information content (AvgIpc) is 2.66. The van der Waals surface area contributed by atoms with Crippen molar-refractivity contribution in [3.63, 3.8) is 0 Å². The van der Waals surface area contributed by atoms with E-state index < -0.39 is 23.8 Å². The van der Waals surface area contributed by atoms with E-state index in [1.165, 1.54) is 24.3 Å². The molecule has 2 rings (SSSR count). The largest absolute Gasteiger partial charge is 0.494 e. The van der Waals surface area contributed by atoms with Crippen LogP contribution in [0.4, 0.5) is 10.5 Å². The summed E-state index contributed by atoms with van der Waals surface area (Å²) in [5.74, 6) is -1.43. The third-order valence-electron chi connectivity index (χ3n) is 3.99. The van der Waals surface area contributed by atoms with Crippen LogP contribution in [0.15, 0.2) is 48.5 Å². The summed E-state index contributed by atoms with van der Waals surface area (Å²) in [6.45, 7) is 2.43. The number of benzene rings is 2. The Bertz CT molecular complexity index is 819. The van der Waals surface area contributed by atoms with E-state index in [2.05, 4.69) is 10.6 Å². The van der Waals surface area contributed by atoms with Crippen molar-refractivity contribution in [2.24, 2.45) is 11.7 Å². The van der Waals surface area contributed by atoms with E-state index in [1.807, 2.05) is 19.1 Å². The summed E-state index contributed by atoms with van der Waals surface area (Å²) in [5, 5.41) is 14.5. The zero-order valence-corrected chi connectivity index (χ0v) is 15.5. The molecule has 0 saturated heterocycles. The standard InChI is InChI=1S/C20H23N3O5/c1-2-28-17-9-3-13(4-10-17)11-15(19(25)26)12-22-18(24)14-5-7-16(8-6-14)23-20(21)27/h3-10,15H,2,11-12H2,1H3,(H,22,24)(H,25,26)(H3,21,23,27). The van der Waals surface area contributed by atoms with Crippen LogP contribution in [0.25, 0.3) is 0 Å². The highest BCUT2D eigenvalue weighted by Gasteiger charge is 2.19. The molecule has 0 bridgehead atoms. The summed E-state index contributed by atoms with van der Waals surface area (Å²) < 4.78 is 5.37. The molecule has 0 radical (unpaired) electrons. The van der Waals surface area contributed by atoms with E-state index in [0.717, 1.165) is 11.3 Å². The Kier molecular flexibility index (Phi) is 7.38. The summed E-state index contributed by atoms with van der Waals surface area (Å²) in [4.78, 5) is 34.6. The second-order valence-electron chi connectivity index (χ2n) is 6.09. The number of hydrogen-bond donors (Lipinski definition) is 4. The maximum absolute atomic E-state index is 12.2. The van der Waals surface area contributed by atoms with Crippen LogP contribution >= 0.6 is 0 Å². The van der Waals surface area contributed by atoms with Crippen LogP contribution < -0.4 is 21.1 Å². The number of rotatable bonds is 9. The van der Waals surface area contributed by atoms with Crippen LogP contribution in [0.2, 0.25) is 0 Å². The van der Waals surface area contributed by atoms with Crippen molar-refractivity contribution in [2.75, 3.05) is 18.5 Å². The fourth-order valence-corrected chi connectivity index (χ4v) is 2.58. The molecule has 0 aliphatic heterocycles. The molecule has 0 heterocycles. The van der Waals surface area contributed by atoms with Crippen LogP contribution in [0.3, 0.4) is 0 Å². The van der Waals surface area contributed by atoms with E-state index in [4.69, 9.17) is 10.5 Å². The highest BCUT2D eigenvalue weighted by molar-refractivity contribution is 5.95. The number of carboxylic acids is 1. The molecule has 1 atom stereocenters. The number of anilines is 1. The summed E-state index contributed by atoms with van der Waals surface area (Å²) in [5.41, 5.74) is 6.67. The van der Waals surface area contributed by atoms with Crippen molar-refractivity contribution in [3.8, 4) is 5.75 Å². The number of urea groups is 1. The van der Waals surface area contributed by atoms with Crippen molar-refractivity contribution in [1.29, 1.82) is 0 Å².